The van der Waals surface area contributed by atoms with Crippen LogP contribution in [0.3, 0.4) is 0 Å². The summed E-state index contributed by atoms with van der Waals surface area (Å²) in [5, 5.41) is 1.14. The van der Waals surface area contributed by atoms with Crippen molar-refractivity contribution in [2.24, 2.45) is 4.99 Å². The Morgan fingerprint density at radius 3 is 2.54 bits per heavy atom. The fraction of sp³-hybridized carbons (Fsp3) is 0.250. The molecule has 2 nitrogen and oxygen atoms in total. The Bertz CT molecular complexity index is 787. The number of halogens is 4. The quantitative estimate of drug-likeness (QED) is 0.534. The molecule has 3 rings (SSSR count). The molecule has 1 aliphatic rings. The predicted molar refractivity (Wildman–Crippen MR) is 120 cm³/mol. The Morgan fingerprint density at radius 1 is 1.04 bits per heavy atom. The van der Waals surface area contributed by atoms with E-state index < -0.39 is 0 Å². The first-order valence-electron chi connectivity index (χ1n) is 8.21. The van der Waals surface area contributed by atoms with Gasteiger partial charge in [-0.05, 0) is 36.3 Å². The Balaban J connectivity index is 0.00000169. The van der Waals surface area contributed by atoms with Crippen molar-refractivity contribution in [1.29, 1.82) is 0 Å². The highest BCUT2D eigenvalue weighted by Gasteiger charge is 2.15. The van der Waals surface area contributed by atoms with Crippen LogP contribution in [0.4, 0.5) is 5.69 Å². The van der Waals surface area contributed by atoms with Gasteiger partial charge >= 0.3 is 0 Å². The Morgan fingerprint density at radius 2 is 1.81 bits per heavy atom. The van der Waals surface area contributed by atoms with E-state index in [2.05, 4.69) is 42.2 Å². The molecule has 0 saturated heterocycles. The van der Waals surface area contributed by atoms with Crippen LogP contribution in [0.25, 0.3) is 6.08 Å². The first-order valence-corrected chi connectivity index (χ1v) is 8.96. The van der Waals surface area contributed by atoms with Gasteiger partial charge in [0.15, 0.2) is 0 Å². The molecular formula is C20H22Cl4N2. The van der Waals surface area contributed by atoms with Gasteiger partial charge in [0.2, 0.25) is 0 Å². The normalized spacial score (nSPS) is 13.3. The summed E-state index contributed by atoms with van der Waals surface area (Å²) in [5.74, 6) is 0. The van der Waals surface area contributed by atoms with E-state index in [1.807, 2.05) is 24.3 Å². The molecule has 0 fully saturated rings. The molecule has 0 aromatic heterocycles. The number of hydrogen-bond acceptors (Lipinski definition) is 2. The summed E-state index contributed by atoms with van der Waals surface area (Å²) in [7, 11) is 0. The van der Waals surface area contributed by atoms with E-state index in [4.69, 9.17) is 28.2 Å². The van der Waals surface area contributed by atoms with E-state index in [0.717, 1.165) is 37.3 Å². The molecule has 1 heterocycles. The number of nitrogens with zero attached hydrogens (tertiary/aromatic N) is 2. The molecule has 0 amide bonds. The number of rotatable bonds is 4. The molecule has 0 aliphatic carbocycles. The van der Waals surface area contributed by atoms with Crippen LogP contribution in [0, 0.1) is 0 Å². The van der Waals surface area contributed by atoms with E-state index in [-0.39, 0.29) is 24.8 Å². The van der Waals surface area contributed by atoms with Crippen LogP contribution in [0.15, 0.2) is 53.5 Å². The van der Waals surface area contributed by atoms with Crippen molar-refractivity contribution in [3.8, 4) is 0 Å². The van der Waals surface area contributed by atoms with Gasteiger partial charge in [-0.25, -0.2) is 0 Å². The summed E-state index contributed by atoms with van der Waals surface area (Å²) in [5.41, 5.74) is 4.46. The van der Waals surface area contributed by atoms with E-state index in [0.29, 0.717) is 10.0 Å². The smallest absolute Gasteiger partial charge is 0.0668 e. The largest absolute Gasteiger partial charge is 0.369 e. The number of benzene rings is 2. The van der Waals surface area contributed by atoms with Crippen LogP contribution in [-0.2, 0) is 0 Å². The highest BCUT2D eigenvalue weighted by Crippen LogP contribution is 2.26. The molecule has 6 heteroatoms. The molecule has 0 radical (unpaired) electrons. The van der Waals surface area contributed by atoms with Gasteiger partial charge in [0.1, 0.15) is 0 Å². The molecular weight excluding hydrogens is 410 g/mol. The Labute approximate surface area is 177 Å². The number of hydrogen-bond donors (Lipinski definition) is 0. The molecule has 0 atom stereocenters. The van der Waals surface area contributed by atoms with Crippen LogP contribution in [0.5, 0.6) is 0 Å². The predicted octanol–water partition coefficient (Wildman–Crippen LogP) is 6.57. The monoisotopic (exact) mass is 430 g/mol. The van der Waals surface area contributed by atoms with Gasteiger partial charge in [-0.3, -0.25) is 4.99 Å². The van der Waals surface area contributed by atoms with Crippen LogP contribution in [0.2, 0.25) is 10.0 Å². The van der Waals surface area contributed by atoms with Gasteiger partial charge in [0.05, 0.1) is 22.3 Å². The minimum atomic E-state index is 0. The molecule has 0 spiro atoms. The summed E-state index contributed by atoms with van der Waals surface area (Å²) in [4.78, 5) is 7.20. The van der Waals surface area contributed by atoms with Crippen LogP contribution < -0.4 is 4.90 Å². The third-order valence-corrected chi connectivity index (χ3v) is 4.78. The second-order valence-electron chi connectivity index (χ2n) is 5.78. The van der Waals surface area contributed by atoms with Gasteiger partial charge < -0.3 is 4.90 Å². The molecule has 1 aliphatic heterocycles. The number of fused-ring (bicyclic) bond motifs is 1. The van der Waals surface area contributed by atoms with Gasteiger partial charge in [-0.2, -0.15) is 0 Å². The third-order valence-electron chi connectivity index (χ3n) is 4.04. The van der Waals surface area contributed by atoms with Crippen molar-refractivity contribution in [2.75, 3.05) is 24.5 Å². The summed E-state index contributed by atoms with van der Waals surface area (Å²) >= 11 is 12.1. The summed E-state index contributed by atoms with van der Waals surface area (Å²) in [6.07, 6.45) is 5.23. The minimum Gasteiger partial charge on any atom is -0.369 e. The van der Waals surface area contributed by atoms with E-state index >= 15 is 0 Å². The topological polar surface area (TPSA) is 15.6 Å². The number of allylic oxidation sites excluding steroid dienone is 1. The minimum absolute atomic E-state index is 0. The zero-order valence-corrected chi connectivity index (χ0v) is 17.6. The molecule has 26 heavy (non-hydrogen) atoms. The molecule has 0 bridgehead atoms. The molecule has 0 N–H and O–H groups in total. The number of para-hydroxylation sites is 1. The summed E-state index contributed by atoms with van der Waals surface area (Å²) < 4.78 is 0. The standard InChI is InChI=1S/C20H20Cl2N2.2ClH/c1-2-12-24-13-11-23-19(16-5-3-4-6-20(16)24)10-8-15-7-9-17(21)18(22)14-15;;/h3-10,14H,2,11-13H2,1H3;2*1H. The lowest BCUT2D eigenvalue weighted by Crippen LogP contribution is -2.26. The van der Waals surface area contributed by atoms with Crippen molar-refractivity contribution < 1.29 is 0 Å². The maximum Gasteiger partial charge on any atom is 0.0668 e. The molecule has 0 unspecified atom stereocenters. The van der Waals surface area contributed by atoms with Gasteiger partial charge in [0.25, 0.3) is 0 Å². The van der Waals surface area contributed by atoms with Crippen molar-refractivity contribution in [1.82, 2.24) is 0 Å². The molecule has 2 aromatic rings. The van der Waals surface area contributed by atoms with E-state index in [9.17, 15) is 0 Å². The maximum absolute atomic E-state index is 6.09. The lowest BCUT2D eigenvalue weighted by molar-refractivity contribution is 0.768. The SMILES string of the molecule is CCCN1CCN=C(C=Cc2ccc(Cl)c(Cl)c2)c2ccccc21.Cl.Cl. The molecule has 2 aromatic carbocycles. The Kier molecular flexibility index (Phi) is 9.52. The van der Waals surface area contributed by atoms with Crippen molar-refractivity contribution >= 4 is 65.5 Å². The highest BCUT2D eigenvalue weighted by molar-refractivity contribution is 6.42. The third kappa shape index (κ3) is 5.40. The van der Waals surface area contributed by atoms with Gasteiger partial charge in [-0.15, -0.1) is 24.8 Å². The fourth-order valence-corrected chi connectivity index (χ4v) is 3.21. The summed E-state index contributed by atoms with van der Waals surface area (Å²) in [6.45, 7) is 5.01. The lowest BCUT2D eigenvalue weighted by Gasteiger charge is -2.23. The zero-order chi connectivity index (χ0) is 16.9. The van der Waals surface area contributed by atoms with E-state index in [1.54, 1.807) is 0 Å². The van der Waals surface area contributed by atoms with Crippen LogP contribution in [-0.4, -0.2) is 25.3 Å². The number of aliphatic imine (C=N–C) groups is 1. The average Bonchev–Trinajstić information content (AvgIpc) is 2.76. The van der Waals surface area contributed by atoms with Gasteiger partial charge in [0, 0.05) is 24.3 Å². The molecule has 140 valence electrons. The van der Waals surface area contributed by atoms with Crippen molar-refractivity contribution in [3.63, 3.8) is 0 Å². The number of benzodiazepines with no additional fused rings is 1. The second kappa shape index (κ2) is 10.8. The number of anilines is 1. The first kappa shape index (κ1) is 22.9. The Hall–Kier alpha value is -1.19. The fourth-order valence-electron chi connectivity index (χ4n) is 2.90. The van der Waals surface area contributed by atoms with Crippen LogP contribution in [0.1, 0.15) is 24.5 Å². The van der Waals surface area contributed by atoms with Crippen molar-refractivity contribution in [3.05, 3.63) is 69.7 Å². The highest BCUT2D eigenvalue weighted by atomic mass is 35.5. The maximum atomic E-state index is 6.09. The lowest BCUT2D eigenvalue weighted by atomic mass is 10.1. The average molecular weight is 432 g/mol. The molecule has 0 saturated carbocycles. The first-order chi connectivity index (χ1) is 11.7. The van der Waals surface area contributed by atoms with Crippen LogP contribution >= 0.6 is 48.0 Å². The van der Waals surface area contributed by atoms with Gasteiger partial charge in [-0.1, -0.05) is 60.5 Å². The second-order valence-corrected chi connectivity index (χ2v) is 6.59. The summed E-state index contributed by atoms with van der Waals surface area (Å²) in [6, 6.07) is 14.1. The zero-order valence-electron chi connectivity index (χ0n) is 14.5. The van der Waals surface area contributed by atoms with Crippen molar-refractivity contribution in [2.45, 2.75) is 13.3 Å². The van der Waals surface area contributed by atoms with E-state index in [1.165, 1.54) is 11.3 Å².